The molecule has 2 atom stereocenters. The summed E-state index contributed by atoms with van der Waals surface area (Å²) < 4.78 is 5.46. The molecule has 3 heterocycles. The zero-order valence-electron chi connectivity index (χ0n) is 14.0. The fraction of sp³-hybridized carbons (Fsp3) is 0.500. The van der Waals surface area contributed by atoms with E-state index in [-0.39, 0.29) is 5.91 Å². The normalized spacial score (nSPS) is 22.2. The van der Waals surface area contributed by atoms with E-state index in [1.807, 2.05) is 19.9 Å². The molecule has 1 N–H and O–H groups in total. The maximum Gasteiger partial charge on any atom is 0.254 e. The number of aryl methyl sites for hydroxylation is 2. The van der Waals surface area contributed by atoms with Gasteiger partial charge in [-0.15, -0.1) is 11.3 Å². The Bertz CT molecular complexity index is 663. The lowest BCUT2D eigenvalue weighted by molar-refractivity contribution is 0.0894. The SMILES string of the molecule is Cc1cc(C(=O)NC[C@H]2CCCN(C)[C@H]2c2cccs2)c(C)o1. The molecule has 3 rings (SSSR count). The average molecular weight is 332 g/mol. The van der Waals surface area contributed by atoms with Crippen LogP contribution in [-0.4, -0.2) is 30.9 Å². The van der Waals surface area contributed by atoms with Gasteiger partial charge in [0.25, 0.3) is 5.91 Å². The van der Waals surface area contributed by atoms with E-state index < -0.39 is 0 Å². The number of nitrogens with one attached hydrogen (secondary N) is 1. The van der Waals surface area contributed by atoms with Crippen LogP contribution < -0.4 is 5.32 Å². The zero-order chi connectivity index (χ0) is 16.4. The van der Waals surface area contributed by atoms with Gasteiger partial charge in [0.05, 0.1) is 5.56 Å². The summed E-state index contributed by atoms with van der Waals surface area (Å²) in [7, 11) is 2.18. The Morgan fingerprint density at radius 1 is 1.48 bits per heavy atom. The number of nitrogens with zero attached hydrogens (tertiary/aromatic N) is 1. The van der Waals surface area contributed by atoms with Gasteiger partial charge in [0.15, 0.2) is 0 Å². The van der Waals surface area contributed by atoms with Crippen LogP contribution in [0.4, 0.5) is 0 Å². The summed E-state index contributed by atoms with van der Waals surface area (Å²) in [6, 6.07) is 6.52. The number of rotatable bonds is 4. The fourth-order valence-electron chi connectivity index (χ4n) is 3.56. The second-order valence-corrected chi connectivity index (χ2v) is 7.36. The molecular formula is C18H24N2O2S. The molecule has 0 aliphatic carbocycles. The first-order chi connectivity index (χ1) is 11.1. The van der Waals surface area contributed by atoms with E-state index in [0.29, 0.717) is 29.8 Å². The van der Waals surface area contributed by atoms with Crippen molar-refractivity contribution < 1.29 is 9.21 Å². The Kier molecular flexibility index (Phi) is 4.87. The van der Waals surface area contributed by atoms with Crippen LogP contribution in [0.1, 0.15) is 45.6 Å². The summed E-state index contributed by atoms with van der Waals surface area (Å²) in [5.41, 5.74) is 0.652. The fourth-order valence-corrected chi connectivity index (χ4v) is 4.54. The number of piperidine rings is 1. The monoisotopic (exact) mass is 332 g/mol. The second-order valence-electron chi connectivity index (χ2n) is 6.38. The van der Waals surface area contributed by atoms with Crippen LogP contribution in [0.2, 0.25) is 0 Å². The smallest absolute Gasteiger partial charge is 0.254 e. The van der Waals surface area contributed by atoms with Crippen LogP contribution in [0.15, 0.2) is 28.0 Å². The highest BCUT2D eigenvalue weighted by Gasteiger charge is 2.31. The van der Waals surface area contributed by atoms with E-state index in [9.17, 15) is 4.79 Å². The molecule has 0 spiro atoms. The van der Waals surface area contributed by atoms with Crippen molar-refractivity contribution in [1.82, 2.24) is 10.2 Å². The minimum atomic E-state index is -0.0301. The summed E-state index contributed by atoms with van der Waals surface area (Å²) >= 11 is 1.80. The summed E-state index contributed by atoms with van der Waals surface area (Å²) in [4.78, 5) is 16.2. The van der Waals surface area contributed by atoms with E-state index in [1.54, 1.807) is 11.3 Å². The Labute approximate surface area is 141 Å². The maximum atomic E-state index is 12.4. The molecule has 0 saturated carbocycles. The van der Waals surface area contributed by atoms with Gasteiger partial charge in [-0.05, 0) is 63.7 Å². The van der Waals surface area contributed by atoms with E-state index in [0.717, 1.165) is 18.7 Å². The van der Waals surface area contributed by atoms with Crippen molar-refractivity contribution in [3.63, 3.8) is 0 Å². The number of hydrogen-bond donors (Lipinski definition) is 1. The van der Waals surface area contributed by atoms with Crippen LogP contribution in [-0.2, 0) is 0 Å². The first kappa shape index (κ1) is 16.3. The van der Waals surface area contributed by atoms with Crippen LogP contribution in [0, 0.1) is 19.8 Å². The predicted molar refractivity (Wildman–Crippen MR) is 92.9 cm³/mol. The molecule has 4 nitrogen and oxygen atoms in total. The lowest BCUT2D eigenvalue weighted by Gasteiger charge is -2.38. The van der Waals surface area contributed by atoms with E-state index >= 15 is 0 Å². The van der Waals surface area contributed by atoms with Gasteiger partial charge in [-0.1, -0.05) is 6.07 Å². The van der Waals surface area contributed by atoms with Gasteiger partial charge in [-0.3, -0.25) is 9.69 Å². The van der Waals surface area contributed by atoms with E-state index in [2.05, 4.69) is 34.8 Å². The van der Waals surface area contributed by atoms with Crippen LogP contribution in [0.25, 0.3) is 0 Å². The number of furan rings is 1. The highest BCUT2D eigenvalue weighted by Crippen LogP contribution is 2.36. The molecule has 0 unspecified atom stereocenters. The predicted octanol–water partition coefficient (Wildman–Crippen LogP) is 3.77. The van der Waals surface area contributed by atoms with Crippen molar-refractivity contribution >= 4 is 17.2 Å². The summed E-state index contributed by atoms with van der Waals surface area (Å²) in [5, 5.41) is 5.24. The van der Waals surface area contributed by atoms with Crippen molar-refractivity contribution in [1.29, 1.82) is 0 Å². The highest BCUT2D eigenvalue weighted by molar-refractivity contribution is 7.10. The summed E-state index contributed by atoms with van der Waals surface area (Å²) in [5.74, 6) is 1.89. The van der Waals surface area contributed by atoms with Gasteiger partial charge in [-0.2, -0.15) is 0 Å². The topological polar surface area (TPSA) is 45.5 Å². The number of amides is 1. The van der Waals surface area contributed by atoms with Gasteiger partial charge in [0, 0.05) is 17.5 Å². The van der Waals surface area contributed by atoms with Crippen LogP contribution >= 0.6 is 11.3 Å². The number of thiophene rings is 1. The molecule has 0 radical (unpaired) electrons. The van der Waals surface area contributed by atoms with E-state index in [4.69, 9.17) is 4.42 Å². The molecule has 0 aromatic carbocycles. The molecule has 2 aromatic heterocycles. The molecule has 124 valence electrons. The van der Waals surface area contributed by atoms with Crippen LogP contribution in [0.3, 0.4) is 0 Å². The molecule has 2 aromatic rings. The second kappa shape index (κ2) is 6.89. The quantitative estimate of drug-likeness (QED) is 0.927. The number of carbonyl (C=O) groups excluding carboxylic acids is 1. The van der Waals surface area contributed by atoms with Gasteiger partial charge in [-0.25, -0.2) is 0 Å². The minimum Gasteiger partial charge on any atom is -0.466 e. The molecular weight excluding hydrogens is 308 g/mol. The molecule has 1 amide bonds. The van der Waals surface area contributed by atoms with Crippen molar-refractivity contribution in [2.75, 3.05) is 20.1 Å². The molecule has 1 aliphatic rings. The molecule has 1 fully saturated rings. The van der Waals surface area contributed by atoms with Crippen molar-refractivity contribution in [3.8, 4) is 0 Å². The highest BCUT2D eigenvalue weighted by atomic mass is 32.1. The zero-order valence-corrected chi connectivity index (χ0v) is 14.8. The van der Waals surface area contributed by atoms with Gasteiger partial charge in [0.2, 0.25) is 0 Å². The molecule has 1 aliphatic heterocycles. The first-order valence-electron chi connectivity index (χ1n) is 8.15. The summed E-state index contributed by atoms with van der Waals surface area (Å²) in [6.45, 7) is 5.53. The standard InChI is InChI=1S/C18H24N2O2S/c1-12-10-15(13(2)22-12)18(21)19-11-14-6-4-8-20(3)17(14)16-7-5-9-23-16/h5,7,9-10,14,17H,4,6,8,11H2,1-3H3,(H,19,21)/t14-,17-/m1/s1. The van der Waals surface area contributed by atoms with Crippen molar-refractivity contribution in [3.05, 3.63) is 45.5 Å². The first-order valence-corrected chi connectivity index (χ1v) is 9.03. The van der Waals surface area contributed by atoms with Crippen molar-refractivity contribution in [2.24, 2.45) is 5.92 Å². The Morgan fingerprint density at radius 3 is 2.96 bits per heavy atom. The molecule has 23 heavy (non-hydrogen) atoms. The average Bonchev–Trinajstić information content (AvgIpc) is 3.14. The largest absolute Gasteiger partial charge is 0.466 e. The number of carbonyl (C=O) groups is 1. The minimum absolute atomic E-state index is 0.0301. The van der Waals surface area contributed by atoms with Gasteiger partial charge in [0.1, 0.15) is 11.5 Å². The third-order valence-corrected chi connectivity index (χ3v) is 5.60. The Hall–Kier alpha value is -1.59. The molecule has 0 bridgehead atoms. The Balaban J connectivity index is 1.68. The number of hydrogen-bond acceptors (Lipinski definition) is 4. The Morgan fingerprint density at radius 2 is 2.30 bits per heavy atom. The summed E-state index contributed by atoms with van der Waals surface area (Å²) in [6.07, 6.45) is 2.33. The molecule has 1 saturated heterocycles. The lowest BCUT2D eigenvalue weighted by Crippen LogP contribution is -2.41. The third kappa shape index (κ3) is 3.51. The molecule has 5 heteroatoms. The lowest BCUT2D eigenvalue weighted by atomic mass is 9.88. The van der Waals surface area contributed by atoms with E-state index in [1.165, 1.54) is 11.3 Å². The van der Waals surface area contributed by atoms with Gasteiger partial charge < -0.3 is 9.73 Å². The third-order valence-electron chi connectivity index (χ3n) is 4.65. The number of likely N-dealkylation sites (tertiary alicyclic amines) is 1. The van der Waals surface area contributed by atoms with Crippen LogP contribution in [0.5, 0.6) is 0 Å². The maximum absolute atomic E-state index is 12.4. The van der Waals surface area contributed by atoms with Gasteiger partial charge >= 0.3 is 0 Å². The van der Waals surface area contributed by atoms with Crippen molar-refractivity contribution in [2.45, 2.75) is 32.7 Å².